The van der Waals surface area contributed by atoms with Gasteiger partial charge in [-0.3, -0.25) is 14.6 Å². The maximum atomic E-state index is 12.8. The van der Waals surface area contributed by atoms with Crippen molar-refractivity contribution >= 4 is 17.5 Å². The molecule has 2 aromatic rings. The molecule has 0 saturated carbocycles. The molecule has 1 N–H and O–H groups in total. The lowest BCUT2D eigenvalue weighted by atomic mass is 9.76. The fourth-order valence-electron chi connectivity index (χ4n) is 5.00. The van der Waals surface area contributed by atoms with Crippen LogP contribution in [-0.2, 0) is 16.6 Å². The number of carbonyl (C=O) groups excluding carboxylic acids is 1. The van der Waals surface area contributed by atoms with Crippen molar-refractivity contribution in [3.8, 4) is 0 Å². The summed E-state index contributed by atoms with van der Waals surface area (Å²) in [4.78, 5) is 41.1. The molecule has 0 aromatic carbocycles. The summed E-state index contributed by atoms with van der Waals surface area (Å²) in [6, 6.07) is 3.77. The van der Waals surface area contributed by atoms with Crippen molar-refractivity contribution in [3.05, 3.63) is 45.5 Å². The van der Waals surface area contributed by atoms with Gasteiger partial charge < -0.3 is 14.5 Å². The van der Waals surface area contributed by atoms with Crippen LogP contribution in [-0.4, -0.2) is 60.1 Å². The Hall–Kier alpha value is -2.74. The second-order valence-electron chi connectivity index (χ2n) is 8.54. The number of nitrogens with one attached hydrogen (secondary N) is 1. The molecule has 3 aliphatic rings. The number of morpholine rings is 1. The van der Waals surface area contributed by atoms with Crippen LogP contribution in [0.2, 0.25) is 0 Å². The number of nitrogens with zero attached hydrogens (tertiary/aromatic N) is 4. The van der Waals surface area contributed by atoms with Gasteiger partial charge in [-0.25, -0.2) is 9.97 Å². The zero-order valence-electron chi connectivity index (χ0n) is 17.3. The molecule has 4 heterocycles. The molecule has 5 rings (SSSR count). The van der Waals surface area contributed by atoms with Crippen LogP contribution in [0.4, 0.5) is 11.8 Å². The Kier molecular flexibility index (Phi) is 4.81. The number of H-pyrrole nitrogens is 1. The molecule has 30 heavy (non-hydrogen) atoms. The minimum Gasteiger partial charge on any atom is -0.378 e. The SMILES string of the molecule is CC(=O)c1ccc(N2CCC3(CCc4c3nc(N3CCOCC3)[nH]c4=O)CC2)nc1. The number of fused-ring (bicyclic) bond motifs is 2. The summed E-state index contributed by atoms with van der Waals surface area (Å²) in [5.41, 5.74) is 2.50. The van der Waals surface area contributed by atoms with Gasteiger partial charge in [0, 0.05) is 48.9 Å². The van der Waals surface area contributed by atoms with E-state index < -0.39 is 0 Å². The first-order chi connectivity index (χ1) is 14.6. The van der Waals surface area contributed by atoms with Crippen molar-refractivity contribution in [2.45, 2.75) is 38.0 Å². The Bertz CT molecular complexity index is 1000. The van der Waals surface area contributed by atoms with E-state index in [0.717, 1.165) is 68.9 Å². The summed E-state index contributed by atoms with van der Waals surface area (Å²) in [6.45, 7) is 6.13. The van der Waals surface area contributed by atoms with E-state index in [1.54, 1.807) is 13.1 Å². The molecule has 0 unspecified atom stereocenters. The fraction of sp³-hybridized carbons (Fsp3) is 0.545. The zero-order chi connectivity index (χ0) is 20.7. The summed E-state index contributed by atoms with van der Waals surface area (Å²) in [7, 11) is 0. The number of ketones is 1. The standard InChI is InChI=1S/C22H27N5O3/c1-15(28)16-2-3-18(23-14-16)26-8-6-22(7-9-26)5-4-17-19(22)24-21(25-20(17)29)27-10-12-30-13-11-27/h2-3,14H,4-13H2,1H3,(H,24,25,29). The van der Waals surface area contributed by atoms with Crippen molar-refractivity contribution in [3.63, 3.8) is 0 Å². The first-order valence-corrected chi connectivity index (χ1v) is 10.7. The Morgan fingerprint density at radius 1 is 1.10 bits per heavy atom. The normalized spacial score (nSPS) is 20.4. The van der Waals surface area contributed by atoms with E-state index in [4.69, 9.17) is 9.72 Å². The van der Waals surface area contributed by atoms with Crippen LogP contribution in [0.15, 0.2) is 23.1 Å². The van der Waals surface area contributed by atoms with E-state index in [9.17, 15) is 9.59 Å². The van der Waals surface area contributed by atoms with Crippen molar-refractivity contribution in [2.75, 3.05) is 49.2 Å². The summed E-state index contributed by atoms with van der Waals surface area (Å²) in [5, 5.41) is 0. The lowest BCUT2D eigenvalue weighted by Gasteiger charge is -2.40. The van der Waals surface area contributed by atoms with E-state index >= 15 is 0 Å². The molecule has 2 aliphatic heterocycles. The lowest BCUT2D eigenvalue weighted by Crippen LogP contribution is -2.43. The maximum Gasteiger partial charge on any atom is 0.255 e. The van der Waals surface area contributed by atoms with Crippen LogP contribution < -0.4 is 15.4 Å². The van der Waals surface area contributed by atoms with Crippen molar-refractivity contribution in [1.29, 1.82) is 0 Å². The molecule has 2 saturated heterocycles. The number of pyridine rings is 1. The average molecular weight is 409 g/mol. The molecule has 8 heteroatoms. The number of aromatic nitrogens is 3. The Morgan fingerprint density at radius 3 is 2.53 bits per heavy atom. The van der Waals surface area contributed by atoms with E-state index in [-0.39, 0.29) is 16.8 Å². The Balaban J connectivity index is 1.37. The van der Waals surface area contributed by atoms with E-state index in [1.165, 1.54) is 0 Å². The molecule has 0 amide bonds. The summed E-state index contributed by atoms with van der Waals surface area (Å²) < 4.78 is 5.44. The maximum absolute atomic E-state index is 12.8. The van der Waals surface area contributed by atoms with Crippen LogP contribution in [0.25, 0.3) is 0 Å². The van der Waals surface area contributed by atoms with Gasteiger partial charge in [0.05, 0.1) is 18.9 Å². The fourth-order valence-corrected chi connectivity index (χ4v) is 5.00. The predicted molar refractivity (Wildman–Crippen MR) is 114 cm³/mol. The molecule has 0 atom stereocenters. The van der Waals surface area contributed by atoms with Crippen LogP contribution in [0.1, 0.15) is 47.8 Å². The van der Waals surface area contributed by atoms with Crippen LogP contribution in [0.5, 0.6) is 0 Å². The first kappa shape index (κ1) is 19.2. The predicted octanol–water partition coefficient (Wildman–Crippen LogP) is 1.69. The van der Waals surface area contributed by atoms with Crippen molar-refractivity contribution in [2.24, 2.45) is 0 Å². The largest absolute Gasteiger partial charge is 0.378 e. The summed E-state index contributed by atoms with van der Waals surface area (Å²) in [5.74, 6) is 1.62. The second kappa shape index (κ2) is 7.50. The summed E-state index contributed by atoms with van der Waals surface area (Å²) in [6.07, 6.45) is 5.34. The Morgan fingerprint density at radius 2 is 1.87 bits per heavy atom. The Labute approximate surface area is 175 Å². The molecular weight excluding hydrogens is 382 g/mol. The number of hydrogen-bond donors (Lipinski definition) is 1. The smallest absolute Gasteiger partial charge is 0.255 e. The third-order valence-electron chi connectivity index (χ3n) is 6.87. The monoisotopic (exact) mass is 409 g/mol. The zero-order valence-corrected chi connectivity index (χ0v) is 17.3. The summed E-state index contributed by atoms with van der Waals surface area (Å²) >= 11 is 0. The van der Waals surface area contributed by atoms with Gasteiger partial charge in [0.15, 0.2) is 5.78 Å². The lowest BCUT2D eigenvalue weighted by molar-refractivity contribution is 0.101. The quantitative estimate of drug-likeness (QED) is 0.772. The van der Waals surface area contributed by atoms with Gasteiger partial charge in [0.25, 0.3) is 5.56 Å². The second-order valence-corrected chi connectivity index (χ2v) is 8.54. The molecule has 2 fully saturated rings. The van der Waals surface area contributed by atoms with Gasteiger partial charge in [-0.1, -0.05) is 0 Å². The number of carbonyl (C=O) groups is 1. The van der Waals surface area contributed by atoms with Gasteiger partial charge in [0.1, 0.15) is 5.82 Å². The van der Waals surface area contributed by atoms with Gasteiger partial charge in [-0.2, -0.15) is 0 Å². The van der Waals surface area contributed by atoms with Gasteiger partial charge in [-0.15, -0.1) is 0 Å². The number of anilines is 2. The third kappa shape index (κ3) is 3.29. The number of hydrogen-bond acceptors (Lipinski definition) is 7. The highest BCUT2D eigenvalue weighted by Gasteiger charge is 2.44. The van der Waals surface area contributed by atoms with E-state index in [2.05, 4.69) is 19.8 Å². The van der Waals surface area contributed by atoms with Crippen molar-refractivity contribution < 1.29 is 9.53 Å². The molecule has 8 nitrogen and oxygen atoms in total. The highest BCUT2D eigenvalue weighted by Crippen LogP contribution is 2.45. The van der Waals surface area contributed by atoms with Crippen molar-refractivity contribution in [1.82, 2.24) is 15.0 Å². The third-order valence-corrected chi connectivity index (χ3v) is 6.87. The van der Waals surface area contributed by atoms with Gasteiger partial charge >= 0.3 is 0 Å². The molecule has 0 bridgehead atoms. The van der Waals surface area contributed by atoms with Crippen LogP contribution in [0, 0.1) is 0 Å². The highest BCUT2D eigenvalue weighted by molar-refractivity contribution is 5.93. The number of rotatable bonds is 3. The minimum absolute atomic E-state index is 0.0160. The van der Waals surface area contributed by atoms with E-state index in [1.807, 2.05) is 12.1 Å². The van der Waals surface area contributed by atoms with Crippen LogP contribution >= 0.6 is 0 Å². The van der Waals surface area contributed by atoms with Gasteiger partial charge in [-0.05, 0) is 44.7 Å². The molecule has 158 valence electrons. The molecule has 1 spiro atoms. The topological polar surface area (TPSA) is 91.4 Å². The number of Topliss-reactive ketones (excluding diaryl/α,β-unsaturated/α-hetero) is 1. The van der Waals surface area contributed by atoms with Gasteiger partial charge in [0.2, 0.25) is 5.95 Å². The highest BCUT2D eigenvalue weighted by atomic mass is 16.5. The molecule has 2 aromatic heterocycles. The minimum atomic E-state index is -0.0273. The first-order valence-electron chi connectivity index (χ1n) is 10.7. The van der Waals surface area contributed by atoms with E-state index in [0.29, 0.717) is 24.7 Å². The number of aromatic amines is 1. The number of piperidine rings is 1. The molecule has 1 aliphatic carbocycles. The van der Waals surface area contributed by atoms with Crippen LogP contribution in [0.3, 0.4) is 0 Å². The average Bonchev–Trinajstić information content (AvgIpc) is 3.13. The molecular formula is C22H27N5O3. The number of ether oxygens (including phenoxy) is 1. The molecule has 0 radical (unpaired) electrons.